The molecule has 0 radical (unpaired) electrons. The molecule has 0 aliphatic heterocycles. The summed E-state index contributed by atoms with van der Waals surface area (Å²) in [4.78, 5) is 12.4. The van der Waals surface area contributed by atoms with Crippen molar-refractivity contribution in [1.29, 1.82) is 0 Å². The largest absolute Gasteiger partial charge is 0.494 e. The van der Waals surface area contributed by atoms with Gasteiger partial charge in [0.15, 0.2) is 0 Å². The Bertz CT molecular complexity index is 684. The van der Waals surface area contributed by atoms with Crippen molar-refractivity contribution in [2.75, 3.05) is 7.11 Å². The Morgan fingerprint density at radius 2 is 2.00 bits per heavy atom. The summed E-state index contributed by atoms with van der Waals surface area (Å²) in [6, 6.07) is 2.27. The van der Waals surface area contributed by atoms with Crippen molar-refractivity contribution in [3.8, 4) is 5.75 Å². The van der Waals surface area contributed by atoms with Crippen LogP contribution in [-0.4, -0.2) is 12.9 Å². The van der Waals surface area contributed by atoms with Gasteiger partial charge in [-0.2, -0.15) is 0 Å². The summed E-state index contributed by atoms with van der Waals surface area (Å²) in [6.07, 6.45) is 6.38. The van der Waals surface area contributed by atoms with E-state index in [1.807, 2.05) is 0 Å². The fourth-order valence-electron chi connectivity index (χ4n) is 5.59. The van der Waals surface area contributed by atoms with E-state index in [2.05, 4.69) is 44.8 Å². The molecule has 1 aromatic rings. The average Bonchev–Trinajstić information content (AvgIpc) is 2.83. The molecular formula is C19H22Br2O2. The molecule has 0 aromatic heterocycles. The Morgan fingerprint density at radius 3 is 2.74 bits per heavy atom. The molecule has 2 nitrogen and oxygen atoms in total. The van der Waals surface area contributed by atoms with E-state index in [1.165, 1.54) is 17.5 Å². The Hall–Kier alpha value is -0.350. The lowest BCUT2D eigenvalue weighted by molar-refractivity contribution is -0.129. The van der Waals surface area contributed by atoms with Crippen molar-refractivity contribution in [2.45, 2.75) is 51.4 Å². The van der Waals surface area contributed by atoms with E-state index in [0.717, 1.165) is 46.8 Å². The first kappa shape index (κ1) is 16.1. The summed E-state index contributed by atoms with van der Waals surface area (Å²) in [5, 5.41) is 0. The van der Waals surface area contributed by atoms with Crippen LogP contribution in [0.2, 0.25) is 0 Å². The number of benzene rings is 1. The Labute approximate surface area is 154 Å². The molecule has 0 spiro atoms. The van der Waals surface area contributed by atoms with Gasteiger partial charge < -0.3 is 4.74 Å². The van der Waals surface area contributed by atoms with E-state index in [4.69, 9.17) is 4.74 Å². The number of ketones is 1. The highest BCUT2D eigenvalue weighted by molar-refractivity contribution is 9.11. The van der Waals surface area contributed by atoms with E-state index in [-0.39, 0.29) is 5.41 Å². The van der Waals surface area contributed by atoms with Crippen LogP contribution < -0.4 is 4.74 Å². The highest BCUT2D eigenvalue weighted by Gasteiger charge is 2.54. The van der Waals surface area contributed by atoms with Crippen LogP contribution in [0.3, 0.4) is 0 Å². The zero-order chi connectivity index (χ0) is 16.4. The normalized spacial score (nSPS) is 35.5. The van der Waals surface area contributed by atoms with Gasteiger partial charge in [-0.1, -0.05) is 6.92 Å². The summed E-state index contributed by atoms with van der Waals surface area (Å²) >= 11 is 7.43. The number of halogens is 2. The predicted octanol–water partition coefficient (Wildman–Crippen LogP) is 5.65. The van der Waals surface area contributed by atoms with Crippen LogP contribution in [0.4, 0.5) is 0 Å². The molecular weight excluding hydrogens is 420 g/mol. The van der Waals surface area contributed by atoms with Crippen molar-refractivity contribution in [3.63, 3.8) is 0 Å². The molecule has 2 saturated carbocycles. The summed E-state index contributed by atoms with van der Waals surface area (Å²) in [6.45, 7) is 2.23. The predicted molar refractivity (Wildman–Crippen MR) is 98.0 cm³/mol. The average molecular weight is 442 g/mol. The Kier molecular flexibility index (Phi) is 3.92. The molecule has 4 rings (SSSR count). The van der Waals surface area contributed by atoms with E-state index >= 15 is 0 Å². The third-order valence-corrected chi connectivity index (χ3v) is 8.22. The molecule has 3 aliphatic carbocycles. The Balaban J connectivity index is 1.77. The lowest BCUT2D eigenvalue weighted by Gasteiger charge is -2.48. The van der Waals surface area contributed by atoms with Crippen LogP contribution in [0.1, 0.15) is 56.1 Å². The lowest BCUT2D eigenvalue weighted by atomic mass is 9.55. The molecule has 23 heavy (non-hydrogen) atoms. The van der Waals surface area contributed by atoms with E-state index < -0.39 is 0 Å². The van der Waals surface area contributed by atoms with E-state index in [0.29, 0.717) is 23.5 Å². The van der Waals surface area contributed by atoms with E-state index in [9.17, 15) is 4.79 Å². The highest BCUT2D eigenvalue weighted by Crippen LogP contribution is 2.60. The molecule has 0 heterocycles. The molecule has 4 heteroatoms. The van der Waals surface area contributed by atoms with E-state index in [1.54, 1.807) is 7.11 Å². The number of carbonyl (C=O) groups excluding carboxylic acids is 1. The number of methoxy groups -OCH3 is 1. The van der Waals surface area contributed by atoms with Crippen LogP contribution in [0.15, 0.2) is 15.0 Å². The number of carbonyl (C=O) groups is 1. The van der Waals surface area contributed by atoms with Crippen LogP contribution >= 0.6 is 31.9 Å². The fourth-order valence-corrected chi connectivity index (χ4v) is 7.26. The van der Waals surface area contributed by atoms with Gasteiger partial charge in [0.1, 0.15) is 11.5 Å². The molecule has 1 aromatic carbocycles. The number of Topliss-reactive ketones (excluding diaryl/α,β-unsaturated/α-hetero) is 1. The minimum atomic E-state index is -0.0421. The van der Waals surface area contributed by atoms with Crippen molar-refractivity contribution < 1.29 is 9.53 Å². The Morgan fingerprint density at radius 1 is 1.22 bits per heavy atom. The van der Waals surface area contributed by atoms with Crippen LogP contribution in [0.5, 0.6) is 5.75 Å². The highest BCUT2D eigenvalue weighted by atomic mass is 79.9. The number of fused-ring (bicyclic) bond motifs is 5. The first-order valence-electron chi connectivity index (χ1n) is 8.55. The molecule has 124 valence electrons. The summed E-state index contributed by atoms with van der Waals surface area (Å²) in [7, 11) is 1.72. The van der Waals surface area contributed by atoms with Gasteiger partial charge in [-0.25, -0.2) is 0 Å². The zero-order valence-electron chi connectivity index (χ0n) is 13.6. The summed E-state index contributed by atoms with van der Waals surface area (Å²) < 4.78 is 7.68. The monoisotopic (exact) mass is 440 g/mol. The first-order chi connectivity index (χ1) is 11.0. The van der Waals surface area contributed by atoms with Crippen LogP contribution in [0, 0.1) is 17.3 Å². The molecule has 2 fully saturated rings. The minimum Gasteiger partial charge on any atom is -0.494 e. The van der Waals surface area contributed by atoms with Crippen LogP contribution in [-0.2, 0) is 11.2 Å². The molecule has 0 bridgehead atoms. The molecule has 0 saturated heterocycles. The topological polar surface area (TPSA) is 26.3 Å². The number of ether oxygens (including phenoxy) is 1. The molecule has 0 N–H and O–H groups in total. The summed E-state index contributed by atoms with van der Waals surface area (Å²) in [5.74, 6) is 3.27. The maximum Gasteiger partial charge on any atom is 0.147 e. The number of rotatable bonds is 1. The fraction of sp³-hybridized carbons (Fsp3) is 0.632. The van der Waals surface area contributed by atoms with Gasteiger partial charge in [0, 0.05) is 11.8 Å². The zero-order valence-corrected chi connectivity index (χ0v) is 16.8. The van der Waals surface area contributed by atoms with Gasteiger partial charge in [0.2, 0.25) is 0 Å². The third-order valence-electron chi connectivity index (χ3n) is 6.79. The van der Waals surface area contributed by atoms with Crippen LogP contribution in [0.25, 0.3) is 0 Å². The second-order valence-electron chi connectivity index (χ2n) is 7.61. The number of hydrogen-bond acceptors (Lipinski definition) is 2. The number of hydrogen-bond donors (Lipinski definition) is 0. The van der Waals surface area contributed by atoms with Gasteiger partial charge in [-0.05, 0) is 98.9 Å². The third kappa shape index (κ3) is 2.20. The second-order valence-corrected chi connectivity index (χ2v) is 9.25. The molecule has 3 aliphatic rings. The molecule has 4 atom stereocenters. The lowest BCUT2D eigenvalue weighted by Crippen LogP contribution is -2.42. The van der Waals surface area contributed by atoms with Crippen molar-refractivity contribution in [2.24, 2.45) is 17.3 Å². The SMILES string of the molecule is COc1c(Br)cc2c(c1Br)CC[C@@H]1[C@@H]2CC[C@]2(C)C(=O)CC[C@@H]12. The minimum absolute atomic E-state index is 0.0421. The molecule has 0 amide bonds. The van der Waals surface area contributed by atoms with Gasteiger partial charge in [-0.15, -0.1) is 0 Å². The van der Waals surface area contributed by atoms with Gasteiger partial charge >= 0.3 is 0 Å². The van der Waals surface area contributed by atoms with Crippen molar-refractivity contribution in [3.05, 3.63) is 26.1 Å². The second kappa shape index (κ2) is 5.59. The van der Waals surface area contributed by atoms with Gasteiger partial charge in [0.25, 0.3) is 0 Å². The maximum absolute atomic E-state index is 12.4. The smallest absolute Gasteiger partial charge is 0.147 e. The first-order valence-corrected chi connectivity index (χ1v) is 10.1. The molecule has 0 unspecified atom stereocenters. The summed E-state index contributed by atoms with van der Waals surface area (Å²) in [5.41, 5.74) is 2.85. The maximum atomic E-state index is 12.4. The van der Waals surface area contributed by atoms with Crippen molar-refractivity contribution in [1.82, 2.24) is 0 Å². The van der Waals surface area contributed by atoms with Gasteiger partial charge in [0.05, 0.1) is 16.1 Å². The van der Waals surface area contributed by atoms with Gasteiger partial charge in [-0.3, -0.25) is 4.79 Å². The van der Waals surface area contributed by atoms with Crippen molar-refractivity contribution >= 4 is 37.6 Å². The standard InChI is InChI=1S/C19H22Br2O2/c1-19-8-7-10-11(14(19)5-6-16(19)22)3-4-12-13(10)9-15(20)18(23-2)17(12)21/h9-11,14H,3-8H2,1-2H3/t10-,11+,14-,19-/m0/s1. The quantitative estimate of drug-likeness (QED) is 0.563.